The van der Waals surface area contributed by atoms with Gasteiger partial charge in [0, 0.05) is 28.7 Å². The number of para-hydroxylation sites is 2. The van der Waals surface area contributed by atoms with Gasteiger partial charge in [0.15, 0.2) is 5.43 Å². The maximum absolute atomic E-state index is 13.7. The van der Waals surface area contributed by atoms with Crippen molar-refractivity contribution in [3.05, 3.63) is 117 Å². The highest BCUT2D eigenvalue weighted by atomic mass is 16.2. The van der Waals surface area contributed by atoms with E-state index in [4.69, 9.17) is 0 Å². The molecule has 0 aliphatic rings. The largest absolute Gasteiger partial charge is 0.321 e. The number of benzene rings is 3. The fourth-order valence-electron chi connectivity index (χ4n) is 4.36. The number of nitrogens with zero attached hydrogens (tertiary/aromatic N) is 1. The Morgan fingerprint density at radius 3 is 1.94 bits per heavy atom. The summed E-state index contributed by atoms with van der Waals surface area (Å²) in [5, 5.41) is 3.03. The fraction of sp³-hybridized carbons (Fsp3) is 0.172. The molecule has 1 amide bonds. The molecule has 166 valence electrons. The van der Waals surface area contributed by atoms with Crippen molar-refractivity contribution in [2.24, 2.45) is 0 Å². The average molecular weight is 437 g/mol. The van der Waals surface area contributed by atoms with Crippen molar-refractivity contribution in [1.29, 1.82) is 0 Å². The van der Waals surface area contributed by atoms with Crippen LogP contribution in [-0.2, 0) is 0 Å². The first-order chi connectivity index (χ1) is 15.8. The Kier molecular flexibility index (Phi) is 6.01. The number of rotatable bonds is 4. The van der Waals surface area contributed by atoms with E-state index in [1.807, 2.05) is 106 Å². The van der Waals surface area contributed by atoms with Crippen LogP contribution in [-0.4, -0.2) is 10.5 Å². The second kappa shape index (κ2) is 8.91. The predicted octanol–water partition coefficient (Wildman–Crippen LogP) is 6.30. The lowest BCUT2D eigenvalue weighted by atomic mass is 9.97. The van der Waals surface area contributed by atoms with Crippen molar-refractivity contribution in [2.75, 3.05) is 5.32 Å². The highest BCUT2D eigenvalue weighted by Crippen LogP contribution is 2.31. The first kappa shape index (κ1) is 22.3. The molecule has 0 atom stereocenters. The van der Waals surface area contributed by atoms with E-state index in [0.29, 0.717) is 5.69 Å². The lowest BCUT2D eigenvalue weighted by Crippen LogP contribution is -2.27. The van der Waals surface area contributed by atoms with Gasteiger partial charge in [-0.2, -0.15) is 0 Å². The Labute approximate surface area is 194 Å². The topological polar surface area (TPSA) is 51.1 Å². The third-order valence-electron chi connectivity index (χ3n) is 6.10. The van der Waals surface area contributed by atoms with E-state index in [1.54, 1.807) is 6.07 Å². The molecule has 0 saturated carbocycles. The number of nitrogens with one attached hydrogen (secondary N) is 1. The molecule has 4 aromatic rings. The first-order valence-corrected chi connectivity index (χ1v) is 11.1. The number of hydrogen-bond donors (Lipinski definition) is 1. The summed E-state index contributed by atoms with van der Waals surface area (Å²) in [6.07, 6.45) is 0. The summed E-state index contributed by atoms with van der Waals surface area (Å²) in [7, 11) is 0. The lowest BCUT2D eigenvalue weighted by Gasteiger charge is -2.23. The Hall–Kier alpha value is -3.92. The van der Waals surface area contributed by atoms with Crippen molar-refractivity contribution in [3.63, 3.8) is 0 Å². The van der Waals surface area contributed by atoms with Gasteiger partial charge in [-0.25, -0.2) is 0 Å². The molecule has 0 bridgehead atoms. The Morgan fingerprint density at radius 2 is 1.30 bits per heavy atom. The number of pyridine rings is 1. The van der Waals surface area contributed by atoms with Crippen LogP contribution in [0.3, 0.4) is 0 Å². The van der Waals surface area contributed by atoms with Gasteiger partial charge < -0.3 is 9.88 Å². The van der Waals surface area contributed by atoms with Crippen molar-refractivity contribution in [2.45, 2.75) is 34.6 Å². The van der Waals surface area contributed by atoms with E-state index in [2.05, 4.69) is 5.32 Å². The smallest absolute Gasteiger partial charge is 0.261 e. The van der Waals surface area contributed by atoms with Gasteiger partial charge >= 0.3 is 0 Å². The lowest BCUT2D eigenvalue weighted by molar-refractivity contribution is 0.102. The maximum atomic E-state index is 13.7. The molecule has 0 saturated heterocycles. The first-order valence-electron chi connectivity index (χ1n) is 11.1. The number of hydrogen-bond acceptors (Lipinski definition) is 2. The normalized spacial score (nSPS) is 10.8. The second-order valence-corrected chi connectivity index (χ2v) is 8.53. The van der Waals surface area contributed by atoms with Crippen molar-refractivity contribution < 1.29 is 4.79 Å². The van der Waals surface area contributed by atoms with Gasteiger partial charge in [-0.15, -0.1) is 0 Å². The van der Waals surface area contributed by atoms with Gasteiger partial charge in [-0.1, -0.05) is 60.7 Å². The monoisotopic (exact) mass is 436 g/mol. The molecule has 1 heterocycles. The van der Waals surface area contributed by atoms with Crippen molar-refractivity contribution in [1.82, 2.24) is 4.57 Å². The average Bonchev–Trinajstić information content (AvgIpc) is 2.77. The van der Waals surface area contributed by atoms with Gasteiger partial charge in [0.2, 0.25) is 0 Å². The summed E-state index contributed by atoms with van der Waals surface area (Å²) in [4.78, 5) is 27.0. The molecular weight excluding hydrogens is 408 g/mol. The van der Waals surface area contributed by atoms with Crippen LogP contribution < -0.4 is 10.7 Å². The minimum absolute atomic E-state index is 0.140. The summed E-state index contributed by atoms with van der Waals surface area (Å²) < 4.78 is 2.03. The van der Waals surface area contributed by atoms with Crippen LogP contribution in [0.4, 0.5) is 5.69 Å². The number of aromatic nitrogens is 1. The molecule has 3 aromatic carbocycles. The number of anilines is 1. The number of amides is 1. The number of carbonyl (C=O) groups excluding carboxylic acids is 1. The summed E-state index contributed by atoms with van der Waals surface area (Å²) in [6, 6.07) is 23.3. The molecule has 1 aromatic heterocycles. The Balaban J connectivity index is 2.05. The van der Waals surface area contributed by atoms with E-state index >= 15 is 0 Å². The van der Waals surface area contributed by atoms with Crippen molar-refractivity contribution in [3.8, 4) is 16.9 Å². The zero-order valence-corrected chi connectivity index (χ0v) is 19.7. The van der Waals surface area contributed by atoms with E-state index in [9.17, 15) is 9.59 Å². The Morgan fingerprint density at radius 1 is 0.727 bits per heavy atom. The third-order valence-corrected chi connectivity index (χ3v) is 6.10. The second-order valence-electron chi connectivity index (χ2n) is 8.53. The van der Waals surface area contributed by atoms with Crippen LogP contribution in [0.2, 0.25) is 0 Å². The minimum Gasteiger partial charge on any atom is -0.321 e. The van der Waals surface area contributed by atoms with Crippen LogP contribution >= 0.6 is 0 Å². The van der Waals surface area contributed by atoms with E-state index in [1.165, 1.54) is 0 Å². The summed E-state index contributed by atoms with van der Waals surface area (Å²) in [6.45, 7) is 9.84. The summed E-state index contributed by atoms with van der Waals surface area (Å²) in [5.41, 5.74) is 7.71. The highest BCUT2D eigenvalue weighted by Gasteiger charge is 2.24. The molecule has 0 aliphatic carbocycles. The Bertz CT molecular complexity index is 1410. The SMILES string of the molecule is Cc1ccccc1-c1c(C(=O)Nc2c(C)cccc2C)c(=O)cc(C)n1-c1ccccc1C. The third kappa shape index (κ3) is 4.12. The van der Waals surface area contributed by atoms with Crippen LogP contribution in [0.5, 0.6) is 0 Å². The van der Waals surface area contributed by atoms with Gasteiger partial charge in [-0.3, -0.25) is 9.59 Å². The highest BCUT2D eigenvalue weighted by molar-refractivity contribution is 6.09. The molecule has 0 fully saturated rings. The van der Waals surface area contributed by atoms with Gasteiger partial charge in [0.25, 0.3) is 5.91 Å². The standard InChI is InChI=1S/C29H28N2O2/c1-18-11-6-8-15-23(18)28-26(29(33)30-27-20(3)13-10-14-21(27)4)25(32)17-22(5)31(28)24-16-9-7-12-19(24)2/h6-17H,1-5H3,(H,30,33). The maximum Gasteiger partial charge on any atom is 0.261 e. The predicted molar refractivity (Wildman–Crippen MR) is 136 cm³/mol. The van der Waals surface area contributed by atoms with Gasteiger partial charge in [-0.05, 0) is 62.9 Å². The molecule has 4 nitrogen and oxygen atoms in total. The quantitative estimate of drug-likeness (QED) is 0.408. The van der Waals surface area contributed by atoms with Crippen LogP contribution in [0.1, 0.15) is 38.3 Å². The fourth-order valence-corrected chi connectivity index (χ4v) is 4.36. The molecule has 0 unspecified atom stereocenters. The number of carbonyl (C=O) groups is 1. The van der Waals surface area contributed by atoms with Crippen LogP contribution in [0.25, 0.3) is 16.9 Å². The molecule has 1 N–H and O–H groups in total. The number of aryl methyl sites for hydroxylation is 5. The van der Waals surface area contributed by atoms with Crippen molar-refractivity contribution >= 4 is 11.6 Å². The minimum atomic E-state index is -0.405. The molecule has 4 rings (SSSR count). The zero-order chi connectivity index (χ0) is 23.7. The molecular formula is C29H28N2O2. The van der Waals surface area contributed by atoms with Crippen LogP contribution in [0.15, 0.2) is 77.6 Å². The van der Waals surface area contributed by atoms with E-state index in [-0.39, 0.29) is 11.0 Å². The van der Waals surface area contributed by atoms with Crippen LogP contribution in [0, 0.1) is 34.6 Å². The van der Waals surface area contributed by atoms with E-state index in [0.717, 1.165) is 44.9 Å². The summed E-state index contributed by atoms with van der Waals surface area (Å²) in [5.74, 6) is -0.405. The van der Waals surface area contributed by atoms with E-state index < -0.39 is 5.91 Å². The molecule has 0 spiro atoms. The molecule has 0 aliphatic heterocycles. The van der Waals surface area contributed by atoms with Gasteiger partial charge in [0.1, 0.15) is 5.56 Å². The molecule has 4 heteroatoms. The molecule has 33 heavy (non-hydrogen) atoms. The zero-order valence-electron chi connectivity index (χ0n) is 19.7. The van der Waals surface area contributed by atoms with Gasteiger partial charge in [0.05, 0.1) is 5.69 Å². The molecule has 0 radical (unpaired) electrons. The summed E-state index contributed by atoms with van der Waals surface area (Å²) >= 11 is 0.